The third-order valence-corrected chi connectivity index (χ3v) is 6.53. The Labute approximate surface area is 182 Å². The molecular weight excluding hydrogens is 378 g/mol. The third-order valence-electron chi connectivity index (χ3n) is 6.53. The summed E-state index contributed by atoms with van der Waals surface area (Å²) in [5, 5.41) is 27.5. The fourth-order valence-electron chi connectivity index (χ4n) is 4.27. The quantitative estimate of drug-likeness (QED) is 0.277. The summed E-state index contributed by atoms with van der Waals surface area (Å²) in [6.45, 7) is 4.16. The van der Waals surface area contributed by atoms with Gasteiger partial charge in [-0.05, 0) is 76.0 Å². The predicted molar refractivity (Wildman–Crippen MR) is 119 cm³/mol. The number of aliphatic hydroxyl groups is 2. The minimum absolute atomic E-state index is 0.0966. The number of hydrogen-bond donors (Lipinski definition) is 2. The van der Waals surface area contributed by atoms with Crippen molar-refractivity contribution in [1.29, 1.82) is 5.26 Å². The molecule has 2 saturated carbocycles. The summed E-state index contributed by atoms with van der Waals surface area (Å²) in [5.41, 5.74) is 0.217. The lowest BCUT2D eigenvalue weighted by Crippen LogP contribution is -2.40. The Morgan fingerprint density at radius 2 is 2.10 bits per heavy atom. The van der Waals surface area contributed by atoms with Crippen LogP contribution in [0.25, 0.3) is 0 Å². The molecule has 0 aromatic heterocycles. The maximum absolute atomic E-state index is 10.8. The number of allylic oxidation sites excluding steroid dienone is 3. The van der Waals surface area contributed by atoms with E-state index in [9.17, 15) is 9.90 Å². The Hall–Kier alpha value is -1.64. The van der Waals surface area contributed by atoms with Gasteiger partial charge in [-0.2, -0.15) is 5.26 Å². The topological polar surface area (TPSA) is 90.6 Å². The molecule has 2 aliphatic rings. The molecule has 2 fully saturated rings. The molecular formula is C25H41NO4. The second-order valence-electron chi connectivity index (χ2n) is 8.55. The van der Waals surface area contributed by atoms with Crippen LogP contribution in [0.1, 0.15) is 84.5 Å². The second-order valence-corrected chi connectivity index (χ2v) is 8.55. The van der Waals surface area contributed by atoms with E-state index in [1.165, 1.54) is 19.3 Å². The molecule has 0 spiro atoms. The molecule has 2 N–H and O–H groups in total. The normalized spacial score (nSPS) is 23.4. The highest BCUT2D eigenvalue weighted by Gasteiger charge is 2.40. The Kier molecular flexibility index (Phi) is 13.4. The van der Waals surface area contributed by atoms with Gasteiger partial charge < -0.3 is 14.9 Å². The number of nitriles is 1. The zero-order valence-corrected chi connectivity index (χ0v) is 18.9. The summed E-state index contributed by atoms with van der Waals surface area (Å²) < 4.78 is 4.66. The largest absolute Gasteiger partial charge is 0.463 e. The number of unbranched alkanes of at least 4 members (excludes halogenated alkanes) is 1. The van der Waals surface area contributed by atoms with Gasteiger partial charge in [-0.25, -0.2) is 0 Å². The van der Waals surface area contributed by atoms with Crippen molar-refractivity contribution in [2.45, 2.75) is 90.6 Å². The van der Waals surface area contributed by atoms with Crippen molar-refractivity contribution < 1.29 is 19.7 Å². The number of hydrogen-bond acceptors (Lipinski definition) is 5. The van der Waals surface area contributed by atoms with Crippen LogP contribution in [0, 0.1) is 28.6 Å². The van der Waals surface area contributed by atoms with E-state index in [2.05, 4.69) is 29.9 Å². The van der Waals surface area contributed by atoms with E-state index in [1.807, 2.05) is 19.1 Å². The minimum atomic E-state index is -0.228. The molecule has 0 amide bonds. The maximum atomic E-state index is 10.8. The summed E-state index contributed by atoms with van der Waals surface area (Å²) in [5.74, 6) is 0.604. The zero-order valence-electron chi connectivity index (χ0n) is 18.9. The van der Waals surface area contributed by atoms with E-state index in [-0.39, 0.29) is 36.6 Å². The number of esters is 1. The van der Waals surface area contributed by atoms with E-state index in [4.69, 9.17) is 10.4 Å². The molecule has 1 unspecified atom stereocenters. The van der Waals surface area contributed by atoms with E-state index >= 15 is 0 Å². The molecule has 30 heavy (non-hydrogen) atoms. The van der Waals surface area contributed by atoms with Crippen molar-refractivity contribution in [1.82, 2.24) is 0 Å². The number of rotatable bonds is 11. The van der Waals surface area contributed by atoms with E-state index in [0.29, 0.717) is 12.3 Å². The first-order valence-electron chi connectivity index (χ1n) is 11.6. The van der Waals surface area contributed by atoms with Crippen LogP contribution < -0.4 is 0 Å². The van der Waals surface area contributed by atoms with Crippen molar-refractivity contribution in [3.05, 3.63) is 24.3 Å². The Morgan fingerprint density at radius 3 is 2.63 bits per heavy atom. The first kappa shape index (κ1) is 26.4. The average molecular weight is 420 g/mol. The predicted octanol–water partition coefficient (Wildman–Crippen LogP) is 5.08. The van der Waals surface area contributed by atoms with Gasteiger partial charge in [0, 0.05) is 12.3 Å². The summed E-state index contributed by atoms with van der Waals surface area (Å²) in [6, 6.07) is 2.36. The first-order valence-corrected chi connectivity index (χ1v) is 11.6. The van der Waals surface area contributed by atoms with E-state index in [1.54, 1.807) is 0 Å². The van der Waals surface area contributed by atoms with E-state index < -0.39 is 0 Å². The SMILES string of the molecule is C/C=C\CCCC(=O)OCCO.CCC1(C(O)C/C=C/[C@H]2CC[C@@H](C#N)C2)CCC1. The van der Waals surface area contributed by atoms with Crippen LogP contribution in [-0.2, 0) is 9.53 Å². The van der Waals surface area contributed by atoms with Crippen LogP contribution >= 0.6 is 0 Å². The molecule has 0 aliphatic heterocycles. The smallest absolute Gasteiger partial charge is 0.305 e. The minimum Gasteiger partial charge on any atom is -0.463 e. The average Bonchev–Trinajstić information content (AvgIpc) is 3.18. The lowest BCUT2D eigenvalue weighted by atomic mass is 9.63. The monoisotopic (exact) mass is 419 g/mol. The van der Waals surface area contributed by atoms with Gasteiger partial charge in [0.2, 0.25) is 0 Å². The molecule has 170 valence electrons. The lowest BCUT2D eigenvalue weighted by Gasteiger charge is -2.45. The van der Waals surface area contributed by atoms with Crippen molar-refractivity contribution in [3.63, 3.8) is 0 Å². The third kappa shape index (κ3) is 9.45. The number of nitrogens with zero attached hydrogens (tertiary/aromatic N) is 1. The first-order chi connectivity index (χ1) is 14.5. The number of aliphatic hydroxyl groups excluding tert-OH is 2. The van der Waals surface area contributed by atoms with Crippen LogP contribution in [0.15, 0.2) is 24.3 Å². The van der Waals surface area contributed by atoms with Gasteiger partial charge in [0.05, 0.1) is 18.8 Å². The van der Waals surface area contributed by atoms with Crippen molar-refractivity contribution >= 4 is 5.97 Å². The summed E-state index contributed by atoms with van der Waals surface area (Å²) in [7, 11) is 0. The highest BCUT2D eigenvalue weighted by molar-refractivity contribution is 5.69. The molecule has 0 bridgehead atoms. The van der Waals surface area contributed by atoms with Crippen molar-refractivity contribution in [2.24, 2.45) is 17.3 Å². The van der Waals surface area contributed by atoms with Gasteiger partial charge in [0.25, 0.3) is 0 Å². The molecule has 0 aromatic rings. The Morgan fingerprint density at radius 1 is 1.33 bits per heavy atom. The highest BCUT2D eigenvalue weighted by atomic mass is 16.5. The van der Waals surface area contributed by atoms with Crippen LogP contribution in [0.5, 0.6) is 0 Å². The molecule has 2 aliphatic carbocycles. The fraction of sp³-hybridized carbons (Fsp3) is 0.760. The molecule has 3 atom stereocenters. The van der Waals surface area contributed by atoms with Crippen molar-refractivity contribution in [3.8, 4) is 6.07 Å². The Bertz CT molecular complexity index is 569. The molecule has 2 rings (SSSR count). The standard InChI is InChI=1S/C16H25NO.C9H16O3/c1-2-16(9-4-10-16)15(18)6-3-5-13-7-8-14(11-13)12-17;1-2-3-4-5-6-9(11)12-8-7-10/h3,5,13-15,18H,2,4,6-11H2,1H3;2-3,10H,4-8H2,1H3/b5-3+;3-2-/t13-,14+,15?;/m0./s1. The van der Waals surface area contributed by atoms with Gasteiger partial charge in [-0.1, -0.05) is 37.6 Å². The van der Waals surface area contributed by atoms with Crippen LogP contribution in [0.2, 0.25) is 0 Å². The lowest BCUT2D eigenvalue weighted by molar-refractivity contribution is -0.144. The molecule has 5 heteroatoms. The summed E-state index contributed by atoms with van der Waals surface area (Å²) >= 11 is 0. The van der Waals surface area contributed by atoms with Crippen LogP contribution in [-0.4, -0.2) is 35.5 Å². The van der Waals surface area contributed by atoms with Gasteiger partial charge in [0.1, 0.15) is 6.61 Å². The summed E-state index contributed by atoms with van der Waals surface area (Å²) in [4.78, 5) is 10.8. The van der Waals surface area contributed by atoms with Crippen molar-refractivity contribution in [2.75, 3.05) is 13.2 Å². The van der Waals surface area contributed by atoms with Crippen LogP contribution in [0.3, 0.4) is 0 Å². The Balaban J connectivity index is 0.000000329. The number of carbonyl (C=O) groups excluding carboxylic acids is 1. The van der Waals surface area contributed by atoms with Gasteiger partial charge in [-0.15, -0.1) is 0 Å². The fourth-order valence-corrected chi connectivity index (χ4v) is 4.27. The number of carbonyl (C=O) groups is 1. The van der Waals surface area contributed by atoms with Gasteiger partial charge in [-0.3, -0.25) is 4.79 Å². The highest BCUT2D eigenvalue weighted by Crippen LogP contribution is 2.47. The molecule has 0 saturated heterocycles. The van der Waals surface area contributed by atoms with Gasteiger partial charge >= 0.3 is 5.97 Å². The van der Waals surface area contributed by atoms with E-state index in [0.717, 1.165) is 44.9 Å². The zero-order chi connectivity index (χ0) is 22.2. The number of ether oxygens (including phenoxy) is 1. The molecule has 5 nitrogen and oxygen atoms in total. The van der Waals surface area contributed by atoms with Crippen LogP contribution in [0.4, 0.5) is 0 Å². The summed E-state index contributed by atoms with van der Waals surface area (Å²) in [6.07, 6.45) is 19.1. The molecule has 0 aromatic carbocycles. The van der Waals surface area contributed by atoms with Gasteiger partial charge in [0.15, 0.2) is 0 Å². The molecule has 0 radical (unpaired) electrons. The maximum Gasteiger partial charge on any atom is 0.305 e. The molecule has 0 heterocycles. The second kappa shape index (κ2) is 15.2.